The maximum absolute atomic E-state index is 9.37. The Bertz CT molecular complexity index is 1400. The van der Waals surface area contributed by atoms with E-state index in [2.05, 4.69) is 20.6 Å². The van der Waals surface area contributed by atoms with Gasteiger partial charge in [-0.1, -0.05) is 0 Å². The van der Waals surface area contributed by atoms with Gasteiger partial charge < -0.3 is 20.8 Å². The molecule has 5 rings (SSSR count). The van der Waals surface area contributed by atoms with E-state index in [0.717, 1.165) is 45.3 Å². The van der Waals surface area contributed by atoms with Gasteiger partial charge in [0.25, 0.3) is 0 Å². The van der Waals surface area contributed by atoms with Crippen LogP contribution in [0.25, 0.3) is 0 Å². The lowest BCUT2D eigenvalue weighted by Gasteiger charge is -2.10. The topological polar surface area (TPSA) is 89.2 Å². The zero-order valence-electron chi connectivity index (χ0n) is 20.5. The Morgan fingerprint density at radius 1 is 0.395 bits per heavy atom. The summed E-state index contributed by atoms with van der Waals surface area (Å²) in [6.07, 6.45) is 3.54. The van der Waals surface area contributed by atoms with Gasteiger partial charge in [-0.3, -0.25) is 9.98 Å². The van der Waals surface area contributed by atoms with Crippen LogP contribution >= 0.6 is 0 Å². The third-order valence-corrected chi connectivity index (χ3v) is 5.71. The van der Waals surface area contributed by atoms with E-state index in [1.54, 1.807) is 36.7 Å². The number of phenols is 2. The van der Waals surface area contributed by atoms with E-state index in [9.17, 15) is 10.2 Å². The molecule has 0 atom stereocenters. The van der Waals surface area contributed by atoms with Gasteiger partial charge >= 0.3 is 0 Å². The van der Waals surface area contributed by atoms with E-state index in [1.165, 1.54) is 0 Å². The number of aliphatic imine (C=N–C) groups is 2. The van der Waals surface area contributed by atoms with Crippen LogP contribution < -0.4 is 10.6 Å². The number of aromatic hydroxyl groups is 2. The SMILES string of the molecule is Oc1ccc(C=Nc2ccc(Nc3ccc(Nc4ccc(N=Cc5ccc(O)cc5)cc4)cc3)cc2)cc1. The van der Waals surface area contributed by atoms with Crippen molar-refractivity contribution < 1.29 is 10.2 Å². The fourth-order valence-corrected chi connectivity index (χ4v) is 3.65. The average Bonchev–Trinajstić information content (AvgIpc) is 2.95. The van der Waals surface area contributed by atoms with Crippen molar-refractivity contribution in [3.05, 3.63) is 132 Å². The van der Waals surface area contributed by atoms with Crippen molar-refractivity contribution in [2.75, 3.05) is 10.6 Å². The Morgan fingerprint density at radius 2 is 0.684 bits per heavy atom. The van der Waals surface area contributed by atoms with Gasteiger partial charge in [0, 0.05) is 35.2 Å². The highest BCUT2D eigenvalue weighted by atomic mass is 16.3. The minimum Gasteiger partial charge on any atom is -0.508 e. The Labute approximate surface area is 221 Å². The van der Waals surface area contributed by atoms with Crippen molar-refractivity contribution in [3.8, 4) is 11.5 Å². The fourth-order valence-electron chi connectivity index (χ4n) is 3.65. The van der Waals surface area contributed by atoms with Crippen LogP contribution in [0.1, 0.15) is 11.1 Å². The second-order valence-electron chi connectivity index (χ2n) is 8.62. The predicted octanol–water partition coefficient (Wildman–Crippen LogP) is 8.09. The third-order valence-electron chi connectivity index (χ3n) is 5.71. The van der Waals surface area contributed by atoms with E-state index >= 15 is 0 Å². The first-order valence-corrected chi connectivity index (χ1v) is 12.1. The smallest absolute Gasteiger partial charge is 0.115 e. The number of hydrogen-bond donors (Lipinski definition) is 4. The molecular weight excluding hydrogens is 472 g/mol. The van der Waals surface area contributed by atoms with Crippen LogP contribution in [-0.4, -0.2) is 22.6 Å². The zero-order chi connectivity index (χ0) is 26.2. The standard InChI is InChI=1S/C32H26N4O2/c37-31-17-1-23(2-18-31)21-33-25-5-9-27(10-6-25)35-29-13-15-30(16-14-29)36-28-11-7-26(8-12-28)34-22-24-3-19-32(38)20-4-24/h1-22,35-38H. The monoisotopic (exact) mass is 498 g/mol. The van der Waals surface area contributed by atoms with Crippen molar-refractivity contribution in [2.24, 2.45) is 9.98 Å². The van der Waals surface area contributed by atoms with Gasteiger partial charge in [0.15, 0.2) is 0 Å². The van der Waals surface area contributed by atoms with Crippen molar-refractivity contribution in [1.29, 1.82) is 0 Å². The molecule has 0 radical (unpaired) electrons. The lowest BCUT2D eigenvalue weighted by Crippen LogP contribution is -1.92. The summed E-state index contributed by atoms with van der Waals surface area (Å²) in [5.74, 6) is 0.481. The molecule has 5 aromatic carbocycles. The molecule has 0 saturated carbocycles. The summed E-state index contributed by atoms with van der Waals surface area (Å²) in [7, 11) is 0. The van der Waals surface area contributed by atoms with Gasteiger partial charge in [-0.05, 0) is 132 Å². The maximum Gasteiger partial charge on any atom is 0.115 e. The molecule has 0 aliphatic carbocycles. The number of nitrogens with zero attached hydrogens (tertiary/aromatic N) is 2. The molecule has 4 N–H and O–H groups in total. The average molecular weight is 499 g/mol. The normalized spacial score (nSPS) is 11.2. The molecule has 0 aliphatic heterocycles. The van der Waals surface area contributed by atoms with E-state index in [4.69, 9.17) is 0 Å². The molecule has 0 bridgehead atoms. The molecule has 38 heavy (non-hydrogen) atoms. The van der Waals surface area contributed by atoms with E-state index in [0.29, 0.717) is 0 Å². The lowest BCUT2D eigenvalue weighted by atomic mass is 10.2. The summed E-state index contributed by atoms with van der Waals surface area (Å²) in [5, 5.41) is 25.6. The van der Waals surface area contributed by atoms with E-state index < -0.39 is 0 Å². The van der Waals surface area contributed by atoms with Gasteiger partial charge in [-0.25, -0.2) is 0 Å². The van der Waals surface area contributed by atoms with Crippen LogP contribution in [0.2, 0.25) is 0 Å². The molecular formula is C32H26N4O2. The molecule has 6 heteroatoms. The Hall–Kier alpha value is -5.36. The Balaban J connectivity index is 1.14. The number of phenolic OH excluding ortho intramolecular Hbond substituents is 2. The quantitative estimate of drug-likeness (QED) is 0.163. The minimum absolute atomic E-state index is 0.240. The van der Waals surface area contributed by atoms with Gasteiger partial charge in [0.2, 0.25) is 0 Å². The third kappa shape index (κ3) is 6.86. The molecule has 0 amide bonds. The molecule has 0 spiro atoms. The first kappa shape index (κ1) is 24.3. The van der Waals surface area contributed by atoms with Crippen LogP contribution in [0.15, 0.2) is 131 Å². The number of hydrogen-bond acceptors (Lipinski definition) is 6. The van der Waals surface area contributed by atoms with Crippen molar-refractivity contribution >= 4 is 46.6 Å². The highest BCUT2D eigenvalue weighted by molar-refractivity contribution is 5.83. The summed E-state index contributed by atoms with van der Waals surface area (Å²) < 4.78 is 0. The number of anilines is 4. The number of rotatable bonds is 8. The predicted molar refractivity (Wildman–Crippen MR) is 157 cm³/mol. The second-order valence-corrected chi connectivity index (χ2v) is 8.62. The molecule has 0 unspecified atom stereocenters. The van der Waals surface area contributed by atoms with Crippen LogP contribution in [0, 0.1) is 0 Å². The Morgan fingerprint density at radius 3 is 1.00 bits per heavy atom. The van der Waals surface area contributed by atoms with Gasteiger partial charge in [-0.2, -0.15) is 0 Å². The van der Waals surface area contributed by atoms with Crippen LogP contribution in [0.5, 0.6) is 11.5 Å². The van der Waals surface area contributed by atoms with Crippen LogP contribution in [0.4, 0.5) is 34.1 Å². The summed E-state index contributed by atoms with van der Waals surface area (Å²) in [6, 6.07) is 37.7. The van der Waals surface area contributed by atoms with Gasteiger partial charge in [0.1, 0.15) is 11.5 Å². The fraction of sp³-hybridized carbons (Fsp3) is 0. The Kier molecular flexibility index (Phi) is 7.42. The van der Waals surface area contributed by atoms with Crippen molar-refractivity contribution in [2.45, 2.75) is 0 Å². The number of benzene rings is 5. The lowest BCUT2D eigenvalue weighted by molar-refractivity contribution is 0.475. The molecule has 0 heterocycles. The van der Waals surface area contributed by atoms with Crippen LogP contribution in [0.3, 0.4) is 0 Å². The van der Waals surface area contributed by atoms with Gasteiger partial charge in [-0.15, -0.1) is 0 Å². The molecule has 0 saturated heterocycles. The molecule has 0 aromatic heterocycles. The molecule has 6 nitrogen and oxygen atoms in total. The second kappa shape index (κ2) is 11.6. The largest absolute Gasteiger partial charge is 0.508 e. The summed E-state index contributed by atoms with van der Waals surface area (Å²) in [4.78, 5) is 8.96. The molecule has 0 fully saturated rings. The first-order valence-electron chi connectivity index (χ1n) is 12.1. The summed E-state index contributed by atoms with van der Waals surface area (Å²) >= 11 is 0. The first-order chi connectivity index (χ1) is 18.6. The van der Waals surface area contributed by atoms with E-state index in [-0.39, 0.29) is 11.5 Å². The zero-order valence-corrected chi connectivity index (χ0v) is 20.5. The van der Waals surface area contributed by atoms with Crippen molar-refractivity contribution in [3.63, 3.8) is 0 Å². The van der Waals surface area contributed by atoms with Crippen molar-refractivity contribution in [1.82, 2.24) is 0 Å². The summed E-state index contributed by atoms with van der Waals surface area (Å²) in [5.41, 5.74) is 7.45. The maximum atomic E-state index is 9.37. The van der Waals surface area contributed by atoms with Crippen LogP contribution in [-0.2, 0) is 0 Å². The highest BCUT2D eigenvalue weighted by Gasteiger charge is 1.99. The molecule has 5 aromatic rings. The summed E-state index contributed by atoms with van der Waals surface area (Å²) in [6.45, 7) is 0. The molecule has 186 valence electrons. The van der Waals surface area contributed by atoms with Gasteiger partial charge in [0.05, 0.1) is 11.4 Å². The molecule has 0 aliphatic rings. The minimum atomic E-state index is 0.240. The van der Waals surface area contributed by atoms with E-state index in [1.807, 2.05) is 97.1 Å². The highest BCUT2D eigenvalue weighted by Crippen LogP contribution is 2.24. The number of nitrogens with one attached hydrogen (secondary N) is 2.